The molecule has 1 N–H and O–H groups in total. The largest absolute Gasteiger partial charge is 0.478 e. The predicted molar refractivity (Wildman–Crippen MR) is 74.9 cm³/mol. The Labute approximate surface area is 113 Å². The molecule has 1 aliphatic heterocycles. The molecule has 2 heterocycles. The van der Waals surface area contributed by atoms with E-state index < -0.39 is 5.97 Å². The Morgan fingerprint density at radius 3 is 2.89 bits per heavy atom. The van der Waals surface area contributed by atoms with Crippen molar-refractivity contribution in [2.24, 2.45) is 0 Å². The zero-order valence-electron chi connectivity index (χ0n) is 11.8. The second-order valence-electron chi connectivity index (χ2n) is 5.12. The zero-order chi connectivity index (χ0) is 14.0. The highest BCUT2D eigenvalue weighted by Gasteiger charge is 2.27. The molecule has 1 aromatic heterocycles. The third kappa shape index (κ3) is 2.71. The van der Waals surface area contributed by atoms with Crippen molar-refractivity contribution in [3.63, 3.8) is 0 Å². The first-order valence-electron chi connectivity index (χ1n) is 6.68. The second-order valence-corrected chi connectivity index (χ2v) is 5.12. The first-order chi connectivity index (χ1) is 9.04. The van der Waals surface area contributed by atoms with E-state index in [2.05, 4.69) is 28.8 Å². The van der Waals surface area contributed by atoms with E-state index in [0.29, 0.717) is 17.4 Å². The van der Waals surface area contributed by atoms with Gasteiger partial charge in [-0.25, -0.2) is 9.78 Å². The molecule has 0 amide bonds. The van der Waals surface area contributed by atoms with Crippen LogP contribution in [0.25, 0.3) is 0 Å². The molecular formula is C14H21N3O2. The number of carbonyl (C=O) groups is 1. The van der Waals surface area contributed by atoms with Crippen LogP contribution >= 0.6 is 0 Å². The lowest BCUT2D eigenvalue weighted by Crippen LogP contribution is -2.51. The van der Waals surface area contributed by atoms with Crippen molar-refractivity contribution < 1.29 is 9.90 Å². The lowest BCUT2D eigenvalue weighted by atomic mass is 10.1. The van der Waals surface area contributed by atoms with Crippen molar-refractivity contribution in [3.05, 3.63) is 23.4 Å². The van der Waals surface area contributed by atoms with E-state index in [1.807, 2.05) is 6.92 Å². The summed E-state index contributed by atoms with van der Waals surface area (Å²) < 4.78 is 0. The molecule has 1 saturated heterocycles. The Morgan fingerprint density at radius 2 is 2.26 bits per heavy atom. The monoisotopic (exact) mass is 263 g/mol. The van der Waals surface area contributed by atoms with Gasteiger partial charge in [0.1, 0.15) is 11.4 Å². The first-order valence-corrected chi connectivity index (χ1v) is 6.68. The molecule has 1 aliphatic rings. The summed E-state index contributed by atoms with van der Waals surface area (Å²) in [7, 11) is 2.12. The Balaban J connectivity index is 2.32. The zero-order valence-corrected chi connectivity index (χ0v) is 11.8. The molecule has 5 heteroatoms. The highest BCUT2D eigenvalue weighted by molar-refractivity contribution is 5.95. The first kappa shape index (κ1) is 13.8. The number of rotatable bonds is 3. The predicted octanol–water partition coefficient (Wildman–Crippen LogP) is 1.62. The van der Waals surface area contributed by atoms with Crippen molar-refractivity contribution in [3.8, 4) is 0 Å². The van der Waals surface area contributed by atoms with Crippen molar-refractivity contribution in [2.75, 3.05) is 31.6 Å². The molecule has 0 saturated carbocycles. The molecule has 0 radical (unpaired) electrons. The van der Waals surface area contributed by atoms with E-state index in [-0.39, 0.29) is 0 Å². The van der Waals surface area contributed by atoms with Crippen LogP contribution in [0.1, 0.15) is 29.3 Å². The van der Waals surface area contributed by atoms with Gasteiger partial charge in [0.25, 0.3) is 0 Å². The van der Waals surface area contributed by atoms with Gasteiger partial charge in [0.15, 0.2) is 0 Å². The summed E-state index contributed by atoms with van der Waals surface area (Å²) >= 11 is 0. The maximum absolute atomic E-state index is 11.4. The molecule has 0 spiro atoms. The summed E-state index contributed by atoms with van der Waals surface area (Å²) in [6.07, 6.45) is 2.75. The van der Waals surface area contributed by atoms with Crippen molar-refractivity contribution >= 4 is 11.8 Å². The van der Waals surface area contributed by atoms with Gasteiger partial charge < -0.3 is 10.0 Å². The van der Waals surface area contributed by atoms with Crippen LogP contribution in [-0.4, -0.2) is 53.7 Å². The van der Waals surface area contributed by atoms with Crippen LogP contribution in [0.2, 0.25) is 0 Å². The molecule has 0 aliphatic carbocycles. The summed E-state index contributed by atoms with van der Waals surface area (Å²) in [6.45, 7) is 6.58. The molecule has 1 aromatic rings. The minimum absolute atomic E-state index is 0.335. The average Bonchev–Trinajstić information content (AvgIpc) is 2.38. The van der Waals surface area contributed by atoms with E-state index >= 15 is 0 Å². The van der Waals surface area contributed by atoms with Gasteiger partial charge in [0, 0.05) is 31.9 Å². The molecule has 2 rings (SSSR count). The van der Waals surface area contributed by atoms with Crippen LogP contribution in [0.5, 0.6) is 0 Å². The molecule has 1 unspecified atom stereocenters. The minimum Gasteiger partial charge on any atom is -0.478 e. The van der Waals surface area contributed by atoms with Crippen LogP contribution in [-0.2, 0) is 0 Å². The van der Waals surface area contributed by atoms with E-state index in [1.54, 1.807) is 12.3 Å². The number of piperazine rings is 1. The molecule has 0 bridgehead atoms. The Hall–Kier alpha value is -1.62. The van der Waals surface area contributed by atoms with Crippen molar-refractivity contribution in [2.45, 2.75) is 26.3 Å². The fourth-order valence-electron chi connectivity index (χ4n) is 2.63. The summed E-state index contributed by atoms with van der Waals surface area (Å²) in [6, 6.07) is 2.21. The fraction of sp³-hybridized carbons (Fsp3) is 0.571. The number of pyridine rings is 1. The van der Waals surface area contributed by atoms with Gasteiger partial charge in [-0.15, -0.1) is 0 Å². The molecule has 5 nitrogen and oxygen atoms in total. The number of aromatic carboxylic acids is 1. The number of hydrogen-bond acceptors (Lipinski definition) is 4. The van der Waals surface area contributed by atoms with Gasteiger partial charge in [0.2, 0.25) is 0 Å². The topological polar surface area (TPSA) is 56.7 Å². The summed E-state index contributed by atoms with van der Waals surface area (Å²) in [5.41, 5.74) is 1.10. The number of aromatic nitrogens is 1. The number of hydrogen-bond donors (Lipinski definition) is 1. The molecular weight excluding hydrogens is 242 g/mol. The Morgan fingerprint density at radius 1 is 1.53 bits per heavy atom. The number of anilines is 1. The number of nitrogens with zero attached hydrogens (tertiary/aromatic N) is 3. The lowest BCUT2D eigenvalue weighted by Gasteiger charge is -2.40. The van der Waals surface area contributed by atoms with Gasteiger partial charge in [-0.2, -0.15) is 0 Å². The third-order valence-corrected chi connectivity index (χ3v) is 3.90. The quantitative estimate of drug-likeness (QED) is 0.898. The van der Waals surface area contributed by atoms with Gasteiger partial charge in [-0.1, -0.05) is 6.92 Å². The van der Waals surface area contributed by atoms with Crippen LogP contribution in [0.15, 0.2) is 12.3 Å². The van der Waals surface area contributed by atoms with E-state index in [9.17, 15) is 9.90 Å². The third-order valence-electron chi connectivity index (χ3n) is 3.90. The average molecular weight is 263 g/mol. The molecule has 104 valence electrons. The second kappa shape index (κ2) is 5.57. The number of carboxylic acid groups (broad SMARTS) is 1. The fourth-order valence-corrected chi connectivity index (χ4v) is 2.63. The SMILES string of the molecule is CCC1CN(c2nccc(C)c2C(=O)O)CCN1C. The van der Waals surface area contributed by atoms with E-state index in [4.69, 9.17) is 0 Å². The van der Waals surface area contributed by atoms with Crippen molar-refractivity contribution in [1.29, 1.82) is 0 Å². The van der Waals surface area contributed by atoms with Gasteiger partial charge >= 0.3 is 5.97 Å². The summed E-state index contributed by atoms with van der Waals surface area (Å²) in [4.78, 5) is 20.2. The Bertz CT molecular complexity index is 476. The minimum atomic E-state index is -0.896. The molecule has 0 aromatic carbocycles. The highest BCUT2D eigenvalue weighted by Crippen LogP contribution is 2.24. The maximum atomic E-state index is 11.4. The number of aryl methyl sites for hydroxylation is 1. The Kier molecular flexibility index (Phi) is 4.04. The molecule has 1 fully saturated rings. The van der Waals surface area contributed by atoms with E-state index in [1.165, 1.54) is 0 Å². The maximum Gasteiger partial charge on any atom is 0.339 e. The van der Waals surface area contributed by atoms with Crippen LogP contribution in [0, 0.1) is 6.92 Å². The number of carboxylic acids is 1. The lowest BCUT2D eigenvalue weighted by molar-refractivity contribution is 0.0696. The van der Waals surface area contributed by atoms with Gasteiger partial charge in [-0.05, 0) is 32.0 Å². The standard InChI is InChI=1S/C14H21N3O2/c1-4-11-9-17(8-7-16(11)3)13-12(14(18)19)10(2)5-6-15-13/h5-6,11H,4,7-9H2,1-3H3,(H,18,19). The normalized spacial score (nSPS) is 20.6. The molecule has 19 heavy (non-hydrogen) atoms. The van der Waals surface area contributed by atoms with E-state index in [0.717, 1.165) is 31.6 Å². The van der Waals surface area contributed by atoms with Crippen LogP contribution in [0.4, 0.5) is 5.82 Å². The van der Waals surface area contributed by atoms with Gasteiger partial charge in [0.05, 0.1) is 0 Å². The summed E-state index contributed by atoms with van der Waals surface area (Å²) in [5, 5.41) is 9.38. The molecule has 1 atom stereocenters. The number of likely N-dealkylation sites (N-methyl/N-ethyl adjacent to an activating group) is 1. The van der Waals surface area contributed by atoms with Crippen LogP contribution < -0.4 is 4.90 Å². The van der Waals surface area contributed by atoms with Crippen molar-refractivity contribution in [1.82, 2.24) is 9.88 Å². The summed E-state index contributed by atoms with van der Waals surface area (Å²) in [5.74, 6) is -0.286. The van der Waals surface area contributed by atoms with Crippen LogP contribution in [0.3, 0.4) is 0 Å². The highest BCUT2D eigenvalue weighted by atomic mass is 16.4. The van der Waals surface area contributed by atoms with Gasteiger partial charge in [-0.3, -0.25) is 4.90 Å². The smallest absolute Gasteiger partial charge is 0.339 e.